The highest BCUT2D eigenvalue weighted by atomic mass is 19.1. The summed E-state index contributed by atoms with van der Waals surface area (Å²) in [5.41, 5.74) is -3.02. The molecule has 2 aliphatic rings. The molecular weight excluding hydrogens is 400 g/mol. The van der Waals surface area contributed by atoms with E-state index in [2.05, 4.69) is 5.32 Å². The van der Waals surface area contributed by atoms with Gasteiger partial charge < -0.3 is 24.6 Å². The van der Waals surface area contributed by atoms with Crippen LogP contribution in [0.5, 0.6) is 5.75 Å². The number of nitrogens with one attached hydrogen (secondary N) is 1. The second-order valence-electron chi connectivity index (χ2n) is 6.73. The van der Waals surface area contributed by atoms with Gasteiger partial charge in [0.2, 0.25) is 5.43 Å². The first-order valence-electron chi connectivity index (χ1n) is 11.4. The Morgan fingerprint density at radius 3 is 2.97 bits per heavy atom. The van der Waals surface area contributed by atoms with Crippen LogP contribution in [0.4, 0.5) is 8.78 Å². The maximum atomic E-state index is 13.8. The van der Waals surface area contributed by atoms with E-state index in [0.717, 1.165) is 12.1 Å². The molecule has 2 atom stereocenters. The van der Waals surface area contributed by atoms with Gasteiger partial charge in [-0.3, -0.25) is 14.4 Å². The van der Waals surface area contributed by atoms with Crippen LogP contribution in [0.1, 0.15) is 46.5 Å². The molecule has 2 aromatic rings. The molecule has 1 aromatic carbocycles. The minimum atomic E-state index is -2.69. The van der Waals surface area contributed by atoms with Gasteiger partial charge in [0, 0.05) is 34.5 Å². The van der Waals surface area contributed by atoms with Gasteiger partial charge in [0.25, 0.3) is 11.8 Å². The lowest BCUT2D eigenvalue weighted by Gasteiger charge is -2.44. The van der Waals surface area contributed by atoms with Crippen molar-refractivity contribution in [2.75, 3.05) is 6.61 Å². The number of carbonyl (C=O) groups is 2. The molecule has 0 radical (unpaired) electrons. The van der Waals surface area contributed by atoms with Gasteiger partial charge in [-0.1, -0.05) is 6.07 Å². The van der Waals surface area contributed by atoms with Crippen LogP contribution >= 0.6 is 0 Å². The second-order valence-corrected chi connectivity index (χ2v) is 6.73. The summed E-state index contributed by atoms with van der Waals surface area (Å²) < 4.78 is 73.0. The van der Waals surface area contributed by atoms with Crippen LogP contribution < -0.4 is 10.7 Å². The molecule has 0 aliphatic carbocycles. The van der Waals surface area contributed by atoms with Gasteiger partial charge in [0.1, 0.15) is 17.2 Å². The Morgan fingerprint density at radius 1 is 1.43 bits per heavy atom. The number of benzene rings is 1. The summed E-state index contributed by atoms with van der Waals surface area (Å²) >= 11 is 0. The summed E-state index contributed by atoms with van der Waals surface area (Å²) in [6.07, 6.45) is -1.13. The lowest BCUT2D eigenvalue weighted by Crippen LogP contribution is -2.57. The first-order valence-corrected chi connectivity index (χ1v) is 8.90. The van der Waals surface area contributed by atoms with Gasteiger partial charge >= 0.3 is 0 Å². The van der Waals surface area contributed by atoms with E-state index in [1.165, 1.54) is 0 Å². The lowest BCUT2D eigenvalue weighted by atomic mass is 10.1. The monoisotopic (exact) mass is 424 g/mol. The highest BCUT2D eigenvalue weighted by Crippen LogP contribution is 2.29. The lowest BCUT2D eigenvalue weighted by molar-refractivity contribution is -0.112. The van der Waals surface area contributed by atoms with Crippen LogP contribution in [0, 0.1) is 11.6 Å². The third-order valence-corrected chi connectivity index (χ3v) is 4.82. The molecule has 4 rings (SSSR count). The van der Waals surface area contributed by atoms with Crippen LogP contribution in [0.3, 0.4) is 0 Å². The molecule has 0 spiro atoms. The molecule has 1 fully saturated rings. The fourth-order valence-corrected chi connectivity index (χ4v) is 3.27. The Kier molecular flexibility index (Phi) is 3.68. The Bertz CT molecular complexity index is 1280. The topological polar surface area (TPSA) is 101 Å². The summed E-state index contributed by atoms with van der Waals surface area (Å²) in [6, 6.07) is 1.22. The molecule has 1 saturated heterocycles. The van der Waals surface area contributed by atoms with E-state index < -0.39 is 78.0 Å². The SMILES string of the molecule is [2H]C([2H])([2H])[C@@H]1CCO[C@@H]2N1C(=O)c1c(O)c(=O)c(C(=O)NCc3ccc(F)cc3F)cn1C2([2H])[2H]. The molecule has 8 nitrogen and oxygen atoms in total. The maximum absolute atomic E-state index is 13.8. The summed E-state index contributed by atoms with van der Waals surface area (Å²) in [5.74, 6) is -5.31. The molecular formula is C20H19F2N3O5. The fraction of sp³-hybridized carbons (Fsp3) is 0.350. The van der Waals surface area contributed by atoms with Gasteiger partial charge in [-0.15, -0.1) is 0 Å². The number of amides is 2. The van der Waals surface area contributed by atoms with Crippen molar-refractivity contribution in [2.45, 2.75) is 38.6 Å². The molecule has 0 saturated carbocycles. The number of ether oxygens (including phenoxy) is 1. The molecule has 30 heavy (non-hydrogen) atoms. The van der Waals surface area contributed by atoms with Crippen LogP contribution in [-0.4, -0.2) is 45.3 Å². The van der Waals surface area contributed by atoms with E-state index >= 15 is 0 Å². The van der Waals surface area contributed by atoms with E-state index in [-0.39, 0.29) is 18.6 Å². The second kappa shape index (κ2) is 7.52. The molecule has 3 heterocycles. The highest BCUT2D eigenvalue weighted by Gasteiger charge is 2.41. The van der Waals surface area contributed by atoms with Crippen molar-refractivity contribution in [2.24, 2.45) is 0 Å². The maximum Gasteiger partial charge on any atom is 0.276 e. The molecule has 10 heteroatoms. The third kappa shape index (κ3) is 3.32. The standard InChI is InChI=1S/C20H19F2N3O5/c1-10-4-5-30-15-9-24-8-13(17(26)18(27)16(24)20(29)25(10)15)19(28)23-7-11-2-3-12(21)6-14(11)22/h2-3,6,8,10,15,27H,4-5,7,9H2,1H3,(H,23,28)/t10-,15+/m1/s1/i1D3,9D2. The first-order chi connectivity index (χ1) is 16.2. The number of hydrogen-bond acceptors (Lipinski definition) is 5. The summed E-state index contributed by atoms with van der Waals surface area (Å²) in [4.78, 5) is 39.2. The highest BCUT2D eigenvalue weighted by molar-refractivity contribution is 5.99. The summed E-state index contributed by atoms with van der Waals surface area (Å²) in [7, 11) is 0. The smallest absolute Gasteiger partial charge is 0.276 e. The number of hydrogen-bond donors (Lipinski definition) is 2. The Hall–Kier alpha value is -3.27. The van der Waals surface area contributed by atoms with Crippen molar-refractivity contribution >= 4 is 11.8 Å². The largest absolute Gasteiger partial charge is 0.503 e. The van der Waals surface area contributed by atoms with Crippen molar-refractivity contribution in [3.05, 3.63) is 63.1 Å². The zero-order valence-electron chi connectivity index (χ0n) is 20.3. The summed E-state index contributed by atoms with van der Waals surface area (Å²) in [6.45, 7) is -6.01. The van der Waals surface area contributed by atoms with Crippen molar-refractivity contribution in [1.82, 2.24) is 14.8 Å². The van der Waals surface area contributed by atoms with E-state index in [1.54, 1.807) is 0 Å². The molecule has 2 amide bonds. The molecule has 2 aliphatic heterocycles. The van der Waals surface area contributed by atoms with Crippen molar-refractivity contribution < 1.29 is 35.1 Å². The Labute approximate surface area is 176 Å². The van der Waals surface area contributed by atoms with Crippen LogP contribution in [0.15, 0.2) is 29.2 Å². The van der Waals surface area contributed by atoms with Crippen LogP contribution in [-0.2, 0) is 17.8 Å². The van der Waals surface area contributed by atoms with Gasteiger partial charge in [-0.2, -0.15) is 0 Å². The molecule has 2 N–H and O–H groups in total. The normalized spacial score (nSPS) is 25.1. The van der Waals surface area contributed by atoms with Gasteiger partial charge in [0.05, 0.1) is 15.8 Å². The number of fused-ring (bicyclic) bond motifs is 2. The number of pyridine rings is 1. The quantitative estimate of drug-likeness (QED) is 0.775. The van der Waals surface area contributed by atoms with E-state index in [1.807, 2.05) is 0 Å². The fourth-order valence-electron chi connectivity index (χ4n) is 3.27. The average molecular weight is 424 g/mol. The number of rotatable bonds is 3. The van der Waals surface area contributed by atoms with Gasteiger partial charge in [-0.25, -0.2) is 8.78 Å². The molecule has 0 bridgehead atoms. The number of carbonyl (C=O) groups excluding carboxylic acids is 2. The molecule has 1 aromatic heterocycles. The minimum Gasteiger partial charge on any atom is -0.503 e. The van der Waals surface area contributed by atoms with E-state index in [4.69, 9.17) is 11.6 Å². The van der Waals surface area contributed by atoms with Gasteiger partial charge in [0.15, 0.2) is 17.7 Å². The van der Waals surface area contributed by atoms with Crippen molar-refractivity contribution in [1.29, 1.82) is 0 Å². The van der Waals surface area contributed by atoms with Crippen molar-refractivity contribution in [3.63, 3.8) is 0 Å². The van der Waals surface area contributed by atoms with Crippen molar-refractivity contribution in [3.8, 4) is 5.75 Å². The summed E-state index contributed by atoms with van der Waals surface area (Å²) in [5, 5.41) is 12.7. The third-order valence-electron chi connectivity index (χ3n) is 4.82. The van der Waals surface area contributed by atoms with E-state index in [0.29, 0.717) is 21.7 Å². The van der Waals surface area contributed by atoms with Gasteiger partial charge in [-0.05, 0) is 19.3 Å². The first kappa shape index (κ1) is 14.7. The number of aromatic nitrogens is 1. The average Bonchev–Trinajstić information content (AvgIpc) is 2.77. The zero-order valence-corrected chi connectivity index (χ0v) is 15.3. The molecule has 0 unspecified atom stereocenters. The number of aromatic hydroxyl groups is 1. The van der Waals surface area contributed by atoms with E-state index in [9.17, 15) is 28.3 Å². The Morgan fingerprint density at radius 2 is 2.23 bits per heavy atom. The predicted octanol–water partition coefficient (Wildman–Crippen LogP) is 1.35. The Balaban J connectivity index is 1.74. The number of nitrogens with zero attached hydrogens (tertiary/aromatic N) is 2. The minimum absolute atomic E-state index is 0.102. The van der Waals surface area contributed by atoms with Crippen LogP contribution in [0.25, 0.3) is 0 Å². The predicted molar refractivity (Wildman–Crippen MR) is 99.9 cm³/mol. The molecule has 158 valence electrons. The zero-order chi connectivity index (χ0) is 25.9. The van der Waals surface area contributed by atoms with Crippen LogP contribution in [0.2, 0.25) is 0 Å². The number of halogens is 2.